The molecule has 0 radical (unpaired) electrons. The van der Waals surface area contributed by atoms with Crippen molar-refractivity contribution >= 4 is 11.9 Å². The van der Waals surface area contributed by atoms with Gasteiger partial charge in [0.1, 0.15) is 0 Å². The second-order valence-corrected chi connectivity index (χ2v) is 6.59. The molecule has 0 aromatic carbocycles. The molecular weight excluding hydrogens is 268 g/mol. The Morgan fingerprint density at radius 2 is 1.62 bits per heavy atom. The smallest absolute Gasteiger partial charge is 0.310 e. The monoisotopic (exact) mass is 300 g/mol. The Hall–Kier alpha value is -1.06. The van der Waals surface area contributed by atoms with E-state index < -0.39 is 5.92 Å². The quantitative estimate of drug-likeness (QED) is 0.573. The third kappa shape index (κ3) is 8.08. The molecule has 0 aliphatic heterocycles. The summed E-state index contributed by atoms with van der Waals surface area (Å²) in [5.74, 6) is -0.414. The van der Waals surface area contributed by atoms with Crippen molar-refractivity contribution in [3.8, 4) is 0 Å². The predicted octanol–water partition coefficient (Wildman–Crippen LogP) is 3.97. The van der Waals surface area contributed by atoms with Gasteiger partial charge in [-0.1, -0.05) is 40.5 Å². The molecule has 0 aromatic heterocycles. The Labute approximate surface area is 129 Å². The first-order chi connectivity index (χ1) is 9.74. The van der Waals surface area contributed by atoms with Gasteiger partial charge in [-0.05, 0) is 31.6 Å². The number of esters is 2. The Morgan fingerprint density at radius 1 is 1.05 bits per heavy atom. The molecule has 124 valence electrons. The minimum atomic E-state index is -0.441. The van der Waals surface area contributed by atoms with Crippen molar-refractivity contribution in [2.24, 2.45) is 17.3 Å². The molecule has 0 saturated heterocycles. The fourth-order valence-electron chi connectivity index (χ4n) is 2.45. The molecule has 0 aromatic rings. The molecule has 0 amide bonds. The normalized spacial score (nSPS) is 13.1. The van der Waals surface area contributed by atoms with Gasteiger partial charge in [0.2, 0.25) is 0 Å². The molecule has 0 aliphatic rings. The van der Waals surface area contributed by atoms with Crippen molar-refractivity contribution in [2.75, 3.05) is 13.2 Å². The number of hydrogen-bond donors (Lipinski definition) is 0. The molecule has 0 aliphatic carbocycles. The van der Waals surface area contributed by atoms with Gasteiger partial charge in [-0.25, -0.2) is 0 Å². The van der Waals surface area contributed by atoms with Crippen LogP contribution in [0.25, 0.3) is 0 Å². The maximum Gasteiger partial charge on any atom is 0.310 e. The van der Waals surface area contributed by atoms with Gasteiger partial charge in [-0.15, -0.1) is 0 Å². The third-order valence-electron chi connectivity index (χ3n) is 3.79. The van der Waals surface area contributed by atoms with Crippen molar-refractivity contribution < 1.29 is 19.1 Å². The summed E-state index contributed by atoms with van der Waals surface area (Å²) in [5.41, 5.74) is -0.270. The second kappa shape index (κ2) is 9.80. The van der Waals surface area contributed by atoms with Gasteiger partial charge < -0.3 is 9.47 Å². The average molecular weight is 300 g/mol. The van der Waals surface area contributed by atoms with E-state index >= 15 is 0 Å². The number of carbonyl (C=O) groups excluding carboxylic acids is 2. The molecule has 4 nitrogen and oxygen atoms in total. The van der Waals surface area contributed by atoms with E-state index in [2.05, 4.69) is 13.8 Å². The number of rotatable bonds is 10. The lowest BCUT2D eigenvalue weighted by Gasteiger charge is -2.32. The van der Waals surface area contributed by atoms with Gasteiger partial charge in [0.05, 0.1) is 25.6 Å². The maximum atomic E-state index is 12.2. The highest BCUT2D eigenvalue weighted by molar-refractivity contribution is 5.80. The van der Waals surface area contributed by atoms with Crippen molar-refractivity contribution in [3.63, 3.8) is 0 Å². The van der Waals surface area contributed by atoms with Crippen molar-refractivity contribution in [1.82, 2.24) is 0 Å². The van der Waals surface area contributed by atoms with E-state index in [0.717, 1.165) is 19.3 Å². The summed E-state index contributed by atoms with van der Waals surface area (Å²) in [4.78, 5) is 24.0. The van der Waals surface area contributed by atoms with Crippen LogP contribution in [0.1, 0.15) is 67.2 Å². The van der Waals surface area contributed by atoms with Crippen LogP contribution in [-0.2, 0) is 19.1 Å². The summed E-state index contributed by atoms with van der Waals surface area (Å²) < 4.78 is 10.1. The van der Waals surface area contributed by atoms with E-state index in [-0.39, 0.29) is 23.8 Å². The van der Waals surface area contributed by atoms with Crippen LogP contribution in [0.2, 0.25) is 0 Å². The van der Waals surface area contributed by atoms with Gasteiger partial charge in [0, 0.05) is 0 Å². The summed E-state index contributed by atoms with van der Waals surface area (Å²) in [7, 11) is 0. The molecular formula is C17H32O4. The van der Waals surface area contributed by atoms with Crippen molar-refractivity contribution in [3.05, 3.63) is 0 Å². The Kier molecular flexibility index (Phi) is 9.31. The lowest BCUT2D eigenvalue weighted by Crippen LogP contribution is -2.35. The van der Waals surface area contributed by atoms with Gasteiger partial charge in [-0.2, -0.15) is 0 Å². The zero-order valence-electron chi connectivity index (χ0n) is 14.5. The lowest BCUT2D eigenvalue weighted by atomic mass is 9.73. The molecule has 1 unspecified atom stereocenters. The van der Waals surface area contributed by atoms with Gasteiger partial charge in [0.25, 0.3) is 0 Å². The van der Waals surface area contributed by atoms with Crippen LogP contribution < -0.4 is 0 Å². The summed E-state index contributed by atoms with van der Waals surface area (Å²) in [6.07, 6.45) is 3.16. The molecule has 0 bridgehead atoms. The van der Waals surface area contributed by atoms with E-state index in [0.29, 0.717) is 19.1 Å². The summed E-state index contributed by atoms with van der Waals surface area (Å²) in [6.45, 7) is 12.7. The average Bonchev–Trinajstić information content (AvgIpc) is 2.35. The zero-order chi connectivity index (χ0) is 16.5. The largest absolute Gasteiger partial charge is 0.466 e. The third-order valence-corrected chi connectivity index (χ3v) is 3.79. The minimum absolute atomic E-state index is 0.0986. The minimum Gasteiger partial charge on any atom is -0.466 e. The van der Waals surface area contributed by atoms with Crippen molar-refractivity contribution in [2.45, 2.75) is 67.2 Å². The van der Waals surface area contributed by atoms with Crippen LogP contribution >= 0.6 is 0 Å². The molecule has 0 heterocycles. The van der Waals surface area contributed by atoms with Crippen LogP contribution in [-0.4, -0.2) is 25.2 Å². The van der Waals surface area contributed by atoms with Crippen LogP contribution in [0, 0.1) is 17.3 Å². The Balaban J connectivity index is 4.81. The van der Waals surface area contributed by atoms with Crippen LogP contribution in [0.4, 0.5) is 0 Å². The number of carbonyl (C=O) groups is 2. The molecule has 4 heteroatoms. The van der Waals surface area contributed by atoms with Crippen LogP contribution in [0.15, 0.2) is 0 Å². The van der Waals surface area contributed by atoms with E-state index in [1.807, 2.05) is 13.8 Å². The highest BCUT2D eigenvalue weighted by Crippen LogP contribution is 2.36. The highest BCUT2D eigenvalue weighted by Gasteiger charge is 2.37. The second-order valence-electron chi connectivity index (χ2n) is 6.59. The molecule has 0 saturated carbocycles. The molecule has 1 atom stereocenters. The first kappa shape index (κ1) is 19.9. The highest BCUT2D eigenvalue weighted by atomic mass is 16.5. The van der Waals surface area contributed by atoms with Crippen molar-refractivity contribution in [1.29, 1.82) is 0 Å². The molecule has 0 fully saturated rings. The molecule has 0 spiro atoms. The molecule has 0 rings (SSSR count). The van der Waals surface area contributed by atoms with E-state index in [9.17, 15) is 9.59 Å². The standard InChI is InChI=1S/C17H32O4/c1-7-20-15(18)12-14(16(19)21-8-2)17(5,6)11-9-10-13(3)4/h13-14H,7-12H2,1-6H3. The SMILES string of the molecule is CCOC(=O)CC(C(=O)OCC)C(C)(C)CCCC(C)C. The zero-order valence-corrected chi connectivity index (χ0v) is 14.5. The molecule has 0 N–H and O–H groups in total. The van der Waals surface area contributed by atoms with E-state index in [1.54, 1.807) is 13.8 Å². The number of hydrogen-bond acceptors (Lipinski definition) is 4. The van der Waals surface area contributed by atoms with Crippen LogP contribution in [0.5, 0.6) is 0 Å². The first-order valence-corrected chi connectivity index (χ1v) is 8.06. The fraction of sp³-hybridized carbons (Fsp3) is 0.882. The number of ether oxygens (including phenoxy) is 2. The van der Waals surface area contributed by atoms with E-state index in [4.69, 9.17) is 9.47 Å². The summed E-state index contributed by atoms with van der Waals surface area (Å²) >= 11 is 0. The lowest BCUT2D eigenvalue weighted by molar-refractivity contribution is -0.159. The summed E-state index contributed by atoms with van der Waals surface area (Å²) in [5, 5.41) is 0. The van der Waals surface area contributed by atoms with E-state index in [1.165, 1.54) is 0 Å². The fourth-order valence-corrected chi connectivity index (χ4v) is 2.45. The predicted molar refractivity (Wildman–Crippen MR) is 83.8 cm³/mol. The summed E-state index contributed by atoms with van der Waals surface area (Å²) in [6, 6.07) is 0. The van der Waals surface area contributed by atoms with Crippen LogP contribution in [0.3, 0.4) is 0 Å². The van der Waals surface area contributed by atoms with Gasteiger partial charge in [0.15, 0.2) is 0 Å². The molecule has 21 heavy (non-hydrogen) atoms. The Bertz CT molecular complexity index is 321. The van der Waals surface area contributed by atoms with Gasteiger partial charge >= 0.3 is 11.9 Å². The topological polar surface area (TPSA) is 52.6 Å². The maximum absolute atomic E-state index is 12.2. The Morgan fingerprint density at radius 3 is 2.10 bits per heavy atom. The first-order valence-electron chi connectivity index (χ1n) is 8.06. The van der Waals surface area contributed by atoms with Gasteiger partial charge in [-0.3, -0.25) is 9.59 Å².